The topological polar surface area (TPSA) is 41.7 Å². The van der Waals surface area contributed by atoms with E-state index in [4.69, 9.17) is 9.15 Å². The van der Waals surface area contributed by atoms with Crippen molar-refractivity contribution in [2.24, 2.45) is 0 Å². The number of ether oxygens (including phenoxy) is 1. The molecule has 3 aromatic rings. The second-order valence-corrected chi connectivity index (χ2v) is 6.09. The molecule has 2 heterocycles. The predicted octanol–water partition coefficient (Wildman–Crippen LogP) is 3.55. The number of rotatable bonds is 4. The van der Waals surface area contributed by atoms with E-state index < -0.39 is 0 Å². The normalized spacial score (nSPS) is 16.8. The van der Waals surface area contributed by atoms with Gasteiger partial charge in [-0.15, -0.1) is 0 Å². The lowest BCUT2D eigenvalue weighted by molar-refractivity contribution is 0.198. The van der Waals surface area contributed by atoms with Crippen LogP contribution in [0.15, 0.2) is 52.9 Å². The van der Waals surface area contributed by atoms with Crippen LogP contribution >= 0.6 is 0 Å². The summed E-state index contributed by atoms with van der Waals surface area (Å²) >= 11 is 0. The van der Waals surface area contributed by atoms with Crippen LogP contribution in [-0.2, 0) is 0 Å². The SMILES string of the molecule is CCN1C[C@H](CN(C)c2nc3ccccc3o2)Oc2ccccc21. The fraction of sp³-hybridized carbons (Fsp3) is 0.316. The number of hydrogen-bond acceptors (Lipinski definition) is 5. The van der Waals surface area contributed by atoms with Crippen LogP contribution in [0.2, 0.25) is 0 Å². The van der Waals surface area contributed by atoms with Gasteiger partial charge in [0, 0.05) is 13.6 Å². The van der Waals surface area contributed by atoms with E-state index in [9.17, 15) is 0 Å². The smallest absolute Gasteiger partial charge is 0.298 e. The van der Waals surface area contributed by atoms with Crippen molar-refractivity contribution < 1.29 is 9.15 Å². The zero-order chi connectivity index (χ0) is 16.5. The number of aromatic nitrogens is 1. The highest BCUT2D eigenvalue weighted by Gasteiger charge is 2.26. The third-order valence-corrected chi connectivity index (χ3v) is 4.39. The van der Waals surface area contributed by atoms with Crippen molar-refractivity contribution in [2.45, 2.75) is 13.0 Å². The average molecular weight is 323 g/mol. The molecule has 1 aliphatic heterocycles. The molecular weight excluding hydrogens is 302 g/mol. The molecule has 1 aliphatic rings. The summed E-state index contributed by atoms with van der Waals surface area (Å²) in [4.78, 5) is 8.92. The highest BCUT2D eigenvalue weighted by atomic mass is 16.5. The number of para-hydroxylation sites is 4. The van der Waals surface area contributed by atoms with Crippen LogP contribution in [0.25, 0.3) is 11.1 Å². The first-order valence-corrected chi connectivity index (χ1v) is 8.32. The molecule has 0 bridgehead atoms. The van der Waals surface area contributed by atoms with Crippen molar-refractivity contribution in [1.29, 1.82) is 0 Å². The zero-order valence-electron chi connectivity index (χ0n) is 14.0. The van der Waals surface area contributed by atoms with Crippen LogP contribution in [0.3, 0.4) is 0 Å². The van der Waals surface area contributed by atoms with Gasteiger partial charge in [-0.2, -0.15) is 4.98 Å². The Morgan fingerprint density at radius 2 is 1.96 bits per heavy atom. The van der Waals surface area contributed by atoms with Crippen molar-refractivity contribution in [3.8, 4) is 5.75 Å². The molecule has 1 atom stereocenters. The Kier molecular flexibility index (Phi) is 3.76. The number of benzene rings is 2. The van der Waals surface area contributed by atoms with Gasteiger partial charge in [0.2, 0.25) is 0 Å². The quantitative estimate of drug-likeness (QED) is 0.734. The summed E-state index contributed by atoms with van der Waals surface area (Å²) in [5.74, 6) is 0.946. The highest BCUT2D eigenvalue weighted by molar-refractivity contribution is 5.74. The molecule has 0 unspecified atom stereocenters. The summed E-state index contributed by atoms with van der Waals surface area (Å²) in [6.07, 6.45) is 0.0693. The summed E-state index contributed by atoms with van der Waals surface area (Å²) in [7, 11) is 1.99. The summed E-state index contributed by atoms with van der Waals surface area (Å²) in [5, 5.41) is 0. The van der Waals surface area contributed by atoms with Gasteiger partial charge in [-0.25, -0.2) is 0 Å². The number of nitrogens with zero attached hydrogens (tertiary/aromatic N) is 3. The van der Waals surface area contributed by atoms with Gasteiger partial charge in [0.05, 0.1) is 18.8 Å². The molecule has 0 N–H and O–H groups in total. The van der Waals surface area contributed by atoms with Gasteiger partial charge in [0.1, 0.15) is 17.4 Å². The van der Waals surface area contributed by atoms with Crippen LogP contribution in [-0.4, -0.2) is 37.8 Å². The molecule has 0 saturated carbocycles. The Morgan fingerprint density at radius 1 is 1.17 bits per heavy atom. The van der Waals surface area contributed by atoms with Crippen molar-refractivity contribution in [1.82, 2.24) is 4.98 Å². The molecule has 0 spiro atoms. The minimum Gasteiger partial charge on any atom is -0.485 e. The first-order valence-electron chi connectivity index (χ1n) is 8.32. The third-order valence-electron chi connectivity index (χ3n) is 4.39. The highest BCUT2D eigenvalue weighted by Crippen LogP contribution is 2.33. The Bertz CT molecular complexity index is 812. The maximum Gasteiger partial charge on any atom is 0.298 e. The van der Waals surface area contributed by atoms with Crippen molar-refractivity contribution >= 4 is 22.8 Å². The van der Waals surface area contributed by atoms with E-state index in [2.05, 4.69) is 28.9 Å². The zero-order valence-corrected chi connectivity index (χ0v) is 14.0. The van der Waals surface area contributed by atoms with E-state index in [0.717, 1.165) is 36.5 Å². The lowest BCUT2D eigenvalue weighted by atomic mass is 10.2. The number of fused-ring (bicyclic) bond motifs is 2. The van der Waals surface area contributed by atoms with Gasteiger partial charge in [-0.1, -0.05) is 24.3 Å². The summed E-state index contributed by atoms with van der Waals surface area (Å²) in [6, 6.07) is 16.7. The minimum atomic E-state index is 0.0693. The second-order valence-electron chi connectivity index (χ2n) is 6.09. The van der Waals surface area contributed by atoms with E-state index in [0.29, 0.717) is 6.01 Å². The molecule has 0 fully saturated rings. The molecule has 0 aliphatic carbocycles. The van der Waals surface area contributed by atoms with Gasteiger partial charge >= 0.3 is 0 Å². The van der Waals surface area contributed by atoms with Crippen LogP contribution in [0.5, 0.6) is 5.75 Å². The lowest BCUT2D eigenvalue weighted by Crippen LogP contribution is -2.45. The van der Waals surface area contributed by atoms with Gasteiger partial charge in [0.15, 0.2) is 5.58 Å². The van der Waals surface area contributed by atoms with Crippen LogP contribution in [0.4, 0.5) is 11.7 Å². The van der Waals surface area contributed by atoms with E-state index in [1.54, 1.807) is 0 Å². The second kappa shape index (κ2) is 6.07. The predicted molar refractivity (Wildman–Crippen MR) is 96.0 cm³/mol. The molecule has 0 amide bonds. The summed E-state index contributed by atoms with van der Waals surface area (Å²) in [5.41, 5.74) is 2.86. The number of hydrogen-bond donors (Lipinski definition) is 0. The molecule has 1 aromatic heterocycles. The fourth-order valence-electron chi connectivity index (χ4n) is 3.18. The summed E-state index contributed by atoms with van der Waals surface area (Å²) in [6.45, 7) is 4.71. The van der Waals surface area contributed by atoms with Gasteiger partial charge in [0.25, 0.3) is 6.01 Å². The van der Waals surface area contributed by atoms with Crippen LogP contribution < -0.4 is 14.5 Å². The molecule has 0 radical (unpaired) electrons. The van der Waals surface area contributed by atoms with E-state index in [1.807, 2.05) is 48.3 Å². The minimum absolute atomic E-state index is 0.0693. The molecule has 24 heavy (non-hydrogen) atoms. The van der Waals surface area contributed by atoms with Gasteiger partial charge in [-0.05, 0) is 31.2 Å². The van der Waals surface area contributed by atoms with Crippen LogP contribution in [0, 0.1) is 0 Å². The number of anilines is 2. The molecule has 124 valence electrons. The maximum atomic E-state index is 6.18. The number of likely N-dealkylation sites (N-methyl/N-ethyl adjacent to an activating group) is 2. The lowest BCUT2D eigenvalue weighted by Gasteiger charge is -2.36. The molecule has 0 saturated heterocycles. The fourth-order valence-corrected chi connectivity index (χ4v) is 3.18. The van der Waals surface area contributed by atoms with Gasteiger partial charge in [-0.3, -0.25) is 0 Å². The molecule has 5 heteroatoms. The average Bonchev–Trinajstić information content (AvgIpc) is 3.05. The first-order chi connectivity index (χ1) is 11.7. The molecule has 2 aromatic carbocycles. The van der Waals surface area contributed by atoms with E-state index in [-0.39, 0.29) is 6.10 Å². The molecular formula is C19H21N3O2. The van der Waals surface area contributed by atoms with E-state index >= 15 is 0 Å². The maximum absolute atomic E-state index is 6.18. The number of oxazole rings is 1. The Hall–Kier alpha value is -2.69. The Labute approximate surface area is 141 Å². The first kappa shape index (κ1) is 14.9. The van der Waals surface area contributed by atoms with Crippen molar-refractivity contribution in [3.63, 3.8) is 0 Å². The Balaban J connectivity index is 1.52. The largest absolute Gasteiger partial charge is 0.485 e. The van der Waals surface area contributed by atoms with Gasteiger partial charge < -0.3 is 19.0 Å². The Morgan fingerprint density at radius 3 is 2.79 bits per heavy atom. The molecule has 5 nitrogen and oxygen atoms in total. The van der Waals surface area contributed by atoms with Crippen molar-refractivity contribution in [3.05, 3.63) is 48.5 Å². The third kappa shape index (κ3) is 2.66. The molecule has 4 rings (SSSR count). The standard InChI is InChI=1S/C19H21N3O2/c1-3-22-13-14(23-18-11-7-5-9-16(18)22)12-21(2)19-20-15-8-4-6-10-17(15)24-19/h4-11,14H,3,12-13H2,1-2H3/t14-/m0/s1. The summed E-state index contributed by atoms with van der Waals surface area (Å²) < 4.78 is 12.0. The van der Waals surface area contributed by atoms with Crippen molar-refractivity contribution in [2.75, 3.05) is 36.5 Å². The van der Waals surface area contributed by atoms with E-state index in [1.165, 1.54) is 5.69 Å². The monoisotopic (exact) mass is 323 g/mol. The van der Waals surface area contributed by atoms with Crippen LogP contribution in [0.1, 0.15) is 6.92 Å².